The number of nitrogens with one attached hydrogen (secondary N) is 1. The van der Waals surface area contributed by atoms with E-state index in [1.54, 1.807) is 18.3 Å². The van der Waals surface area contributed by atoms with Gasteiger partial charge < -0.3 is 9.84 Å². The first-order valence-electron chi connectivity index (χ1n) is 5.82. The summed E-state index contributed by atoms with van der Waals surface area (Å²) in [5.41, 5.74) is 0. The average Bonchev–Trinajstić information content (AvgIpc) is 2.98. The summed E-state index contributed by atoms with van der Waals surface area (Å²) < 4.78 is 4.94. The molecular weight excluding hydrogens is 250 g/mol. The summed E-state index contributed by atoms with van der Waals surface area (Å²) in [6.07, 6.45) is 1.75. The molecule has 2 aromatic rings. The molecule has 2 aromatic heterocycles. The van der Waals surface area contributed by atoms with Gasteiger partial charge in [-0.05, 0) is 24.8 Å². The molecule has 0 aliphatic carbocycles. The lowest BCUT2D eigenvalue weighted by atomic mass is 10.3. The number of aryl methyl sites for hydroxylation is 2. The lowest BCUT2D eigenvalue weighted by Gasteiger charge is -2.02. The first-order valence-corrected chi connectivity index (χ1v) is 6.70. The van der Waals surface area contributed by atoms with Crippen LogP contribution in [0.2, 0.25) is 0 Å². The summed E-state index contributed by atoms with van der Waals surface area (Å²) >= 11 is 1.70. The van der Waals surface area contributed by atoms with Crippen LogP contribution in [-0.4, -0.2) is 22.6 Å². The van der Waals surface area contributed by atoms with E-state index >= 15 is 0 Å². The summed E-state index contributed by atoms with van der Waals surface area (Å²) in [7, 11) is 0. The summed E-state index contributed by atoms with van der Waals surface area (Å²) in [5, 5.41) is 8.59. The maximum absolute atomic E-state index is 11.6. The average molecular weight is 265 g/mol. The Morgan fingerprint density at radius 3 is 3.06 bits per heavy atom. The first kappa shape index (κ1) is 12.8. The van der Waals surface area contributed by atoms with Gasteiger partial charge in [0, 0.05) is 24.3 Å². The fraction of sp³-hybridized carbons (Fsp3) is 0.417. The number of aromatic nitrogens is 2. The van der Waals surface area contributed by atoms with Crippen molar-refractivity contribution in [1.29, 1.82) is 0 Å². The Hall–Kier alpha value is -1.69. The number of thiophene rings is 1. The van der Waals surface area contributed by atoms with Crippen molar-refractivity contribution in [3.63, 3.8) is 0 Å². The van der Waals surface area contributed by atoms with E-state index in [9.17, 15) is 4.79 Å². The van der Waals surface area contributed by atoms with Gasteiger partial charge in [0.1, 0.15) is 0 Å². The number of carbonyl (C=O) groups excluding carboxylic acids is 1. The summed E-state index contributed by atoms with van der Waals surface area (Å²) in [6.45, 7) is 2.43. The van der Waals surface area contributed by atoms with Crippen molar-refractivity contribution in [2.75, 3.05) is 6.54 Å². The molecule has 96 valence electrons. The predicted molar refractivity (Wildman–Crippen MR) is 68.4 cm³/mol. The second-order valence-corrected chi connectivity index (χ2v) is 4.95. The molecule has 0 aliphatic heterocycles. The monoisotopic (exact) mass is 265 g/mol. The van der Waals surface area contributed by atoms with Crippen molar-refractivity contribution >= 4 is 17.2 Å². The van der Waals surface area contributed by atoms with Crippen molar-refractivity contribution in [3.05, 3.63) is 34.1 Å². The van der Waals surface area contributed by atoms with Crippen LogP contribution in [-0.2, 0) is 17.6 Å². The molecule has 18 heavy (non-hydrogen) atoms. The first-order chi connectivity index (χ1) is 8.74. The Bertz CT molecular complexity index is 493. The molecule has 2 heterocycles. The Kier molecular flexibility index (Phi) is 4.46. The van der Waals surface area contributed by atoms with Crippen LogP contribution in [0.3, 0.4) is 0 Å². The fourth-order valence-electron chi connectivity index (χ4n) is 1.53. The Morgan fingerprint density at radius 1 is 1.50 bits per heavy atom. The number of carbonyl (C=O) groups is 1. The number of amides is 1. The van der Waals surface area contributed by atoms with Gasteiger partial charge in [0.05, 0.1) is 0 Å². The molecule has 1 N–H and O–H groups in total. The van der Waals surface area contributed by atoms with Crippen LogP contribution in [0.4, 0.5) is 0 Å². The summed E-state index contributed by atoms with van der Waals surface area (Å²) in [5.74, 6) is 1.13. The summed E-state index contributed by atoms with van der Waals surface area (Å²) in [4.78, 5) is 16.9. The van der Waals surface area contributed by atoms with Crippen LogP contribution in [0, 0.1) is 6.92 Å². The zero-order valence-electron chi connectivity index (χ0n) is 10.2. The van der Waals surface area contributed by atoms with Gasteiger partial charge in [-0.2, -0.15) is 4.98 Å². The fourth-order valence-corrected chi connectivity index (χ4v) is 2.24. The number of hydrogen-bond donors (Lipinski definition) is 1. The zero-order valence-corrected chi connectivity index (χ0v) is 11.0. The molecule has 0 atom stereocenters. The van der Waals surface area contributed by atoms with Crippen LogP contribution in [0.25, 0.3) is 0 Å². The van der Waals surface area contributed by atoms with Crippen molar-refractivity contribution in [3.8, 4) is 0 Å². The topological polar surface area (TPSA) is 68.0 Å². The molecule has 0 spiro atoms. The van der Waals surface area contributed by atoms with Crippen LogP contribution in [0.1, 0.15) is 23.0 Å². The largest absolute Gasteiger partial charge is 0.356 e. The van der Waals surface area contributed by atoms with Crippen LogP contribution < -0.4 is 5.32 Å². The lowest BCUT2D eigenvalue weighted by Crippen LogP contribution is -2.25. The highest BCUT2D eigenvalue weighted by Crippen LogP contribution is 2.08. The molecule has 6 heteroatoms. The van der Waals surface area contributed by atoms with E-state index in [1.165, 1.54) is 4.88 Å². The van der Waals surface area contributed by atoms with E-state index < -0.39 is 0 Å². The van der Waals surface area contributed by atoms with Gasteiger partial charge in [-0.3, -0.25) is 4.79 Å². The number of nitrogens with zero attached hydrogens (tertiary/aromatic N) is 2. The van der Waals surface area contributed by atoms with Gasteiger partial charge in [-0.15, -0.1) is 11.3 Å². The van der Waals surface area contributed by atoms with E-state index in [4.69, 9.17) is 4.52 Å². The molecule has 0 saturated carbocycles. The molecule has 0 unspecified atom stereocenters. The molecule has 0 fully saturated rings. The highest BCUT2D eigenvalue weighted by Gasteiger charge is 2.06. The van der Waals surface area contributed by atoms with Crippen LogP contribution in [0.5, 0.6) is 0 Å². The normalized spacial score (nSPS) is 10.5. The predicted octanol–water partition coefficient (Wildman–Crippen LogP) is 1.73. The third-order valence-corrected chi connectivity index (χ3v) is 3.35. The minimum Gasteiger partial charge on any atom is -0.356 e. The van der Waals surface area contributed by atoms with E-state index in [0.29, 0.717) is 31.1 Å². The molecule has 5 nitrogen and oxygen atoms in total. The molecule has 0 aliphatic rings. The van der Waals surface area contributed by atoms with E-state index in [1.807, 2.05) is 11.4 Å². The Balaban J connectivity index is 1.63. The van der Waals surface area contributed by atoms with Crippen molar-refractivity contribution in [2.45, 2.75) is 26.2 Å². The van der Waals surface area contributed by atoms with E-state index in [2.05, 4.69) is 21.5 Å². The van der Waals surface area contributed by atoms with Gasteiger partial charge in [-0.1, -0.05) is 11.2 Å². The Labute approximate surface area is 109 Å². The third kappa shape index (κ3) is 3.96. The lowest BCUT2D eigenvalue weighted by molar-refractivity contribution is -0.121. The molecular formula is C12H15N3O2S. The van der Waals surface area contributed by atoms with Crippen molar-refractivity contribution < 1.29 is 9.32 Å². The van der Waals surface area contributed by atoms with E-state index in [-0.39, 0.29) is 5.91 Å². The summed E-state index contributed by atoms with van der Waals surface area (Å²) in [6, 6.07) is 4.08. The molecule has 0 saturated heterocycles. The maximum atomic E-state index is 11.6. The number of hydrogen-bond acceptors (Lipinski definition) is 5. The highest BCUT2D eigenvalue weighted by atomic mass is 32.1. The minimum absolute atomic E-state index is 0.0161. The second kappa shape index (κ2) is 6.30. The zero-order chi connectivity index (χ0) is 12.8. The van der Waals surface area contributed by atoms with E-state index in [0.717, 1.165) is 6.42 Å². The standard InChI is InChI=1S/C12H15N3O2S/c1-9-14-12(17-15-9)5-4-11(16)13-7-6-10-3-2-8-18-10/h2-3,8H,4-7H2,1H3,(H,13,16). The quantitative estimate of drug-likeness (QED) is 0.863. The van der Waals surface area contributed by atoms with Gasteiger partial charge in [0.25, 0.3) is 0 Å². The molecule has 0 radical (unpaired) electrons. The highest BCUT2D eigenvalue weighted by molar-refractivity contribution is 7.09. The molecule has 2 rings (SSSR count). The minimum atomic E-state index is 0.0161. The van der Waals surface area contributed by atoms with Gasteiger partial charge >= 0.3 is 0 Å². The van der Waals surface area contributed by atoms with Crippen LogP contribution in [0.15, 0.2) is 22.0 Å². The van der Waals surface area contributed by atoms with Crippen molar-refractivity contribution in [2.24, 2.45) is 0 Å². The smallest absolute Gasteiger partial charge is 0.227 e. The molecule has 1 amide bonds. The van der Waals surface area contributed by atoms with Gasteiger partial charge in [-0.25, -0.2) is 0 Å². The third-order valence-electron chi connectivity index (χ3n) is 2.41. The Morgan fingerprint density at radius 2 is 2.39 bits per heavy atom. The molecule has 0 bridgehead atoms. The SMILES string of the molecule is Cc1noc(CCC(=O)NCCc2cccs2)n1. The van der Waals surface area contributed by atoms with Gasteiger partial charge in [0.15, 0.2) is 5.82 Å². The second-order valence-electron chi connectivity index (χ2n) is 3.91. The molecule has 0 aromatic carbocycles. The maximum Gasteiger partial charge on any atom is 0.227 e. The van der Waals surface area contributed by atoms with Crippen LogP contribution >= 0.6 is 11.3 Å². The van der Waals surface area contributed by atoms with Crippen molar-refractivity contribution in [1.82, 2.24) is 15.5 Å². The number of rotatable bonds is 6. The van der Waals surface area contributed by atoms with Gasteiger partial charge in [0.2, 0.25) is 11.8 Å².